The highest BCUT2D eigenvalue weighted by molar-refractivity contribution is 6.01. The summed E-state index contributed by atoms with van der Waals surface area (Å²) in [5.41, 5.74) is 6.14. The predicted molar refractivity (Wildman–Crippen MR) is 77.3 cm³/mol. The fraction of sp³-hybridized carbons (Fsp3) is 0.125. The van der Waals surface area contributed by atoms with Crippen LogP contribution in [0.2, 0.25) is 0 Å². The maximum atomic E-state index is 11.8. The summed E-state index contributed by atoms with van der Waals surface area (Å²) in [6, 6.07) is 17.0. The molecule has 96 valence electrons. The number of carbonyl (C=O) groups is 1. The molecular weight excluding hydrogens is 236 g/mol. The molecule has 2 aromatic rings. The van der Waals surface area contributed by atoms with Crippen molar-refractivity contribution in [1.29, 1.82) is 0 Å². The molecule has 1 amide bonds. The van der Waals surface area contributed by atoms with Gasteiger partial charge in [-0.3, -0.25) is 4.79 Å². The summed E-state index contributed by atoms with van der Waals surface area (Å²) < 4.78 is 0. The molecule has 0 unspecified atom stereocenters. The molecule has 0 atom stereocenters. The van der Waals surface area contributed by atoms with E-state index in [0.29, 0.717) is 5.56 Å². The van der Waals surface area contributed by atoms with Gasteiger partial charge in [-0.05, 0) is 31.5 Å². The SMILES string of the molecule is C/C(=N/NC(=O)c1ccccc1)c1ccccc1C. The molecule has 0 radical (unpaired) electrons. The van der Waals surface area contributed by atoms with Crippen molar-refractivity contribution in [2.75, 3.05) is 0 Å². The molecule has 3 nitrogen and oxygen atoms in total. The number of amides is 1. The first-order chi connectivity index (χ1) is 9.18. The van der Waals surface area contributed by atoms with Crippen LogP contribution in [0, 0.1) is 6.92 Å². The zero-order chi connectivity index (χ0) is 13.7. The van der Waals surface area contributed by atoms with E-state index in [9.17, 15) is 4.79 Å². The van der Waals surface area contributed by atoms with Crippen molar-refractivity contribution in [3.05, 3.63) is 71.3 Å². The number of carbonyl (C=O) groups excluding carboxylic acids is 1. The highest BCUT2D eigenvalue weighted by Gasteiger charge is 2.04. The zero-order valence-electron chi connectivity index (χ0n) is 11.1. The van der Waals surface area contributed by atoms with Crippen molar-refractivity contribution >= 4 is 11.6 Å². The van der Waals surface area contributed by atoms with E-state index in [0.717, 1.165) is 16.8 Å². The van der Waals surface area contributed by atoms with Gasteiger partial charge in [0.1, 0.15) is 0 Å². The number of hydrogen-bond donors (Lipinski definition) is 1. The van der Waals surface area contributed by atoms with Gasteiger partial charge in [0.15, 0.2) is 0 Å². The maximum absolute atomic E-state index is 11.8. The van der Waals surface area contributed by atoms with E-state index in [4.69, 9.17) is 0 Å². The van der Waals surface area contributed by atoms with Crippen LogP contribution < -0.4 is 5.43 Å². The van der Waals surface area contributed by atoms with Crippen LogP contribution in [0.4, 0.5) is 0 Å². The number of rotatable bonds is 3. The van der Waals surface area contributed by atoms with Gasteiger partial charge in [0.05, 0.1) is 5.71 Å². The minimum Gasteiger partial charge on any atom is -0.267 e. The minimum absolute atomic E-state index is 0.200. The fourth-order valence-corrected chi connectivity index (χ4v) is 1.83. The zero-order valence-corrected chi connectivity index (χ0v) is 11.1. The van der Waals surface area contributed by atoms with Crippen molar-refractivity contribution in [2.45, 2.75) is 13.8 Å². The molecule has 0 heterocycles. The van der Waals surface area contributed by atoms with Gasteiger partial charge in [-0.15, -0.1) is 0 Å². The number of nitrogens with one attached hydrogen (secondary N) is 1. The Labute approximate surface area is 113 Å². The summed E-state index contributed by atoms with van der Waals surface area (Å²) in [7, 11) is 0. The highest BCUT2D eigenvalue weighted by Crippen LogP contribution is 2.08. The van der Waals surface area contributed by atoms with Gasteiger partial charge in [-0.2, -0.15) is 5.10 Å². The van der Waals surface area contributed by atoms with Crippen molar-refractivity contribution in [1.82, 2.24) is 5.43 Å². The molecule has 0 bridgehead atoms. The summed E-state index contributed by atoms with van der Waals surface area (Å²) in [5.74, 6) is -0.200. The Morgan fingerprint density at radius 3 is 2.32 bits per heavy atom. The lowest BCUT2D eigenvalue weighted by Crippen LogP contribution is -2.19. The van der Waals surface area contributed by atoms with Crippen molar-refractivity contribution in [2.24, 2.45) is 5.10 Å². The van der Waals surface area contributed by atoms with Gasteiger partial charge in [0.2, 0.25) is 0 Å². The van der Waals surface area contributed by atoms with Crippen LogP contribution >= 0.6 is 0 Å². The van der Waals surface area contributed by atoms with Gasteiger partial charge in [-0.1, -0.05) is 42.5 Å². The van der Waals surface area contributed by atoms with E-state index < -0.39 is 0 Å². The summed E-state index contributed by atoms with van der Waals surface area (Å²) in [6.45, 7) is 3.90. The minimum atomic E-state index is -0.200. The molecule has 2 rings (SSSR count). The van der Waals surface area contributed by atoms with Crippen molar-refractivity contribution in [3.63, 3.8) is 0 Å². The van der Waals surface area contributed by atoms with Gasteiger partial charge in [0, 0.05) is 11.1 Å². The Kier molecular flexibility index (Phi) is 4.08. The normalized spacial score (nSPS) is 11.2. The van der Waals surface area contributed by atoms with Crippen molar-refractivity contribution in [3.8, 4) is 0 Å². The largest absolute Gasteiger partial charge is 0.271 e. The number of hydrazone groups is 1. The van der Waals surface area contributed by atoms with E-state index in [1.54, 1.807) is 12.1 Å². The van der Waals surface area contributed by atoms with Crippen LogP contribution in [0.5, 0.6) is 0 Å². The second kappa shape index (κ2) is 5.96. The topological polar surface area (TPSA) is 41.5 Å². The molecule has 19 heavy (non-hydrogen) atoms. The predicted octanol–water partition coefficient (Wildman–Crippen LogP) is 3.15. The van der Waals surface area contributed by atoms with Crippen LogP contribution in [0.1, 0.15) is 28.4 Å². The number of nitrogens with zero attached hydrogens (tertiary/aromatic N) is 1. The first-order valence-electron chi connectivity index (χ1n) is 6.14. The molecule has 0 aliphatic carbocycles. The van der Waals surface area contributed by atoms with Gasteiger partial charge in [0.25, 0.3) is 5.91 Å². The van der Waals surface area contributed by atoms with Crippen LogP contribution in [-0.2, 0) is 0 Å². The monoisotopic (exact) mass is 252 g/mol. The van der Waals surface area contributed by atoms with E-state index in [1.807, 2.05) is 56.3 Å². The van der Waals surface area contributed by atoms with Gasteiger partial charge >= 0.3 is 0 Å². The second-order valence-electron chi connectivity index (χ2n) is 4.32. The number of benzene rings is 2. The summed E-state index contributed by atoms with van der Waals surface area (Å²) in [6.07, 6.45) is 0. The number of hydrogen-bond acceptors (Lipinski definition) is 2. The second-order valence-corrected chi connectivity index (χ2v) is 4.32. The lowest BCUT2D eigenvalue weighted by atomic mass is 10.1. The molecular formula is C16H16N2O. The van der Waals surface area contributed by atoms with Crippen LogP contribution in [0.15, 0.2) is 59.7 Å². The molecule has 1 N–H and O–H groups in total. The third-order valence-corrected chi connectivity index (χ3v) is 2.90. The molecule has 2 aromatic carbocycles. The summed E-state index contributed by atoms with van der Waals surface area (Å²) in [4.78, 5) is 11.8. The molecule has 0 saturated carbocycles. The molecule has 0 saturated heterocycles. The maximum Gasteiger partial charge on any atom is 0.271 e. The number of aryl methyl sites for hydroxylation is 1. The smallest absolute Gasteiger partial charge is 0.267 e. The van der Waals surface area contributed by atoms with E-state index in [-0.39, 0.29) is 5.91 Å². The van der Waals surface area contributed by atoms with E-state index in [1.165, 1.54) is 0 Å². The Bertz CT molecular complexity index is 603. The lowest BCUT2D eigenvalue weighted by molar-refractivity contribution is 0.0955. The Hall–Kier alpha value is -2.42. The standard InChI is InChI=1S/C16H16N2O/c1-12-8-6-7-11-15(12)13(2)17-18-16(19)14-9-4-3-5-10-14/h3-11H,1-2H3,(H,18,19)/b17-13-. The van der Waals surface area contributed by atoms with Gasteiger partial charge < -0.3 is 0 Å². The first-order valence-corrected chi connectivity index (χ1v) is 6.14. The molecule has 3 heteroatoms. The Morgan fingerprint density at radius 2 is 1.63 bits per heavy atom. The average molecular weight is 252 g/mol. The Balaban J connectivity index is 2.11. The first kappa shape index (κ1) is 13.0. The quantitative estimate of drug-likeness (QED) is 0.661. The average Bonchev–Trinajstić information content (AvgIpc) is 2.46. The van der Waals surface area contributed by atoms with Crippen LogP contribution in [0.3, 0.4) is 0 Å². The molecule has 0 aromatic heterocycles. The molecule has 0 aliphatic heterocycles. The highest BCUT2D eigenvalue weighted by atomic mass is 16.2. The van der Waals surface area contributed by atoms with Crippen LogP contribution in [-0.4, -0.2) is 11.6 Å². The fourth-order valence-electron chi connectivity index (χ4n) is 1.83. The van der Waals surface area contributed by atoms with E-state index >= 15 is 0 Å². The summed E-state index contributed by atoms with van der Waals surface area (Å²) in [5, 5.41) is 4.15. The van der Waals surface area contributed by atoms with Gasteiger partial charge in [-0.25, -0.2) is 5.43 Å². The molecule has 0 fully saturated rings. The third kappa shape index (κ3) is 3.28. The molecule has 0 spiro atoms. The lowest BCUT2D eigenvalue weighted by Gasteiger charge is -2.05. The Morgan fingerprint density at radius 1 is 1.00 bits per heavy atom. The van der Waals surface area contributed by atoms with Crippen LogP contribution in [0.25, 0.3) is 0 Å². The van der Waals surface area contributed by atoms with Crippen molar-refractivity contribution < 1.29 is 4.79 Å². The molecule has 0 aliphatic rings. The third-order valence-electron chi connectivity index (χ3n) is 2.90. The summed E-state index contributed by atoms with van der Waals surface area (Å²) >= 11 is 0. The van der Waals surface area contributed by atoms with E-state index in [2.05, 4.69) is 10.5 Å².